The largest absolute Gasteiger partial charge is 0.396 e. The van der Waals surface area contributed by atoms with Gasteiger partial charge in [0.15, 0.2) is 0 Å². The third kappa shape index (κ3) is 1.53. The van der Waals surface area contributed by atoms with E-state index in [9.17, 15) is 15.0 Å². The third-order valence-corrected chi connectivity index (χ3v) is 4.60. The van der Waals surface area contributed by atoms with Crippen LogP contribution in [0.1, 0.15) is 32.6 Å². The summed E-state index contributed by atoms with van der Waals surface area (Å²) in [5.41, 5.74) is -0.714. The Hall–Kier alpha value is -0.410. The number of carbonyl (C=O) groups is 1. The molecule has 0 aromatic carbocycles. The van der Waals surface area contributed by atoms with Crippen molar-refractivity contribution in [2.24, 2.45) is 23.7 Å². The fraction of sp³-hybridized carbons (Fsp3) is 0.917. The van der Waals surface area contributed by atoms with Gasteiger partial charge in [0.2, 0.25) is 0 Å². The van der Waals surface area contributed by atoms with Crippen LogP contribution >= 0.6 is 0 Å². The highest BCUT2D eigenvalue weighted by Crippen LogP contribution is 2.54. The lowest BCUT2D eigenvalue weighted by Gasteiger charge is -2.45. The summed E-state index contributed by atoms with van der Waals surface area (Å²) in [6, 6.07) is 0. The smallest absolute Gasteiger partial charge is 0.123 e. The van der Waals surface area contributed by atoms with Gasteiger partial charge in [-0.15, -0.1) is 0 Å². The maximum atomic E-state index is 10.8. The van der Waals surface area contributed by atoms with Gasteiger partial charge in [-0.25, -0.2) is 0 Å². The molecule has 15 heavy (non-hydrogen) atoms. The van der Waals surface area contributed by atoms with Crippen molar-refractivity contribution in [1.82, 2.24) is 0 Å². The van der Waals surface area contributed by atoms with Gasteiger partial charge in [-0.1, -0.05) is 6.92 Å². The number of hydrogen-bond donors (Lipinski definition) is 2. The lowest BCUT2D eigenvalue weighted by Crippen LogP contribution is -2.51. The standard InChI is InChI=1S/C12H20O3/c1-8(6-13)12(15)10-2-3-11(12)5-9(4-10)7-14/h7-11,13,15H,2-6H2,1H3/t8?,9-,10-,11+,12-. The number of aliphatic hydroxyl groups is 2. The molecule has 0 saturated heterocycles. The molecule has 2 saturated carbocycles. The molecule has 1 unspecified atom stereocenters. The summed E-state index contributed by atoms with van der Waals surface area (Å²) in [7, 11) is 0. The Morgan fingerprint density at radius 3 is 2.33 bits per heavy atom. The summed E-state index contributed by atoms with van der Waals surface area (Å²) >= 11 is 0. The van der Waals surface area contributed by atoms with Crippen molar-refractivity contribution in [2.75, 3.05) is 6.61 Å². The van der Waals surface area contributed by atoms with Gasteiger partial charge in [0, 0.05) is 18.4 Å². The average Bonchev–Trinajstić information content (AvgIpc) is 2.46. The first kappa shape index (κ1) is 11.1. The minimum absolute atomic E-state index is 0.0370. The molecule has 2 fully saturated rings. The minimum atomic E-state index is -0.714. The summed E-state index contributed by atoms with van der Waals surface area (Å²) in [6.45, 7) is 1.95. The van der Waals surface area contributed by atoms with E-state index in [-0.39, 0.29) is 30.3 Å². The van der Waals surface area contributed by atoms with Crippen molar-refractivity contribution in [3.05, 3.63) is 0 Å². The number of hydrogen-bond acceptors (Lipinski definition) is 3. The van der Waals surface area contributed by atoms with E-state index >= 15 is 0 Å². The molecule has 0 amide bonds. The van der Waals surface area contributed by atoms with Crippen LogP contribution in [0.15, 0.2) is 0 Å². The van der Waals surface area contributed by atoms with Gasteiger partial charge in [0.25, 0.3) is 0 Å². The molecule has 0 aromatic rings. The molecule has 5 atom stereocenters. The molecule has 3 heteroatoms. The van der Waals surface area contributed by atoms with Crippen LogP contribution in [0.4, 0.5) is 0 Å². The predicted molar refractivity (Wildman–Crippen MR) is 56.2 cm³/mol. The zero-order chi connectivity index (χ0) is 11.1. The second-order valence-corrected chi connectivity index (χ2v) is 5.31. The fourth-order valence-electron chi connectivity index (χ4n) is 3.70. The minimum Gasteiger partial charge on any atom is -0.396 e. The number of aliphatic hydroxyl groups excluding tert-OH is 1. The monoisotopic (exact) mass is 212 g/mol. The zero-order valence-corrected chi connectivity index (χ0v) is 9.22. The lowest BCUT2D eigenvalue weighted by atomic mass is 9.65. The van der Waals surface area contributed by atoms with E-state index in [1.54, 1.807) is 0 Å². The normalized spacial score (nSPS) is 46.5. The molecular weight excluding hydrogens is 192 g/mol. The van der Waals surface area contributed by atoms with Crippen LogP contribution in [0.2, 0.25) is 0 Å². The topological polar surface area (TPSA) is 57.5 Å². The van der Waals surface area contributed by atoms with E-state index in [2.05, 4.69) is 0 Å². The van der Waals surface area contributed by atoms with E-state index < -0.39 is 5.60 Å². The number of aldehydes is 1. The Morgan fingerprint density at radius 2 is 1.93 bits per heavy atom. The van der Waals surface area contributed by atoms with Gasteiger partial charge in [0.05, 0.1) is 5.60 Å². The Labute approximate surface area is 90.5 Å². The van der Waals surface area contributed by atoms with Crippen LogP contribution < -0.4 is 0 Å². The summed E-state index contributed by atoms with van der Waals surface area (Å²) < 4.78 is 0. The summed E-state index contributed by atoms with van der Waals surface area (Å²) in [6.07, 6.45) is 4.67. The Bertz CT molecular complexity index is 237. The molecule has 86 valence electrons. The molecule has 0 spiro atoms. The molecule has 2 N–H and O–H groups in total. The van der Waals surface area contributed by atoms with Crippen LogP contribution in [0.3, 0.4) is 0 Å². The van der Waals surface area contributed by atoms with Crippen molar-refractivity contribution in [1.29, 1.82) is 0 Å². The highest BCUT2D eigenvalue weighted by molar-refractivity contribution is 5.54. The Morgan fingerprint density at radius 1 is 1.40 bits per heavy atom. The predicted octanol–water partition coefficient (Wildman–Crippen LogP) is 0.981. The Kier molecular flexibility index (Phi) is 2.86. The lowest BCUT2D eigenvalue weighted by molar-refractivity contribution is -0.132. The molecule has 2 rings (SSSR count). The molecule has 0 radical (unpaired) electrons. The van der Waals surface area contributed by atoms with Crippen LogP contribution in [-0.4, -0.2) is 28.7 Å². The molecule has 2 bridgehead atoms. The first-order valence-electron chi connectivity index (χ1n) is 5.91. The van der Waals surface area contributed by atoms with E-state index in [0.29, 0.717) is 0 Å². The van der Waals surface area contributed by atoms with Crippen molar-refractivity contribution in [3.8, 4) is 0 Å². The van der Waals surface area contributed by atoms with Gasteiger partial charge in [-0.2, -0.15) is 0 Å². The SMILES string of the molecule is CC(CO)[C@@]1(O)[C@@H]2CC[C@H]1C[C@H](C=O)C2. The van der Waals surface area contributed by atoms with Crippen LogP contribution in [0, 0.1) is 23.7 Å². The summed E-state index contributed by atoms with van der Waals surface area (Å²) in [5, 5.41) is 19.9. The number of fused-ring (bicyclic) bond motifs is 2. The second kappa shape index (κ2) is 3.87. The third-order valence-electron chi connectivity index (χ3n) is 4.60. The van der Waals surface area contributed by atoms with Gasteiger partial charge < -0.3 is 15.0 Å². The van der Waals surface area contributed by atoms with Gasteiger partial charge in [0.1, 0.15) is 6.29 Å². The highest BCUT2D eigenvalue weighted by Gasteiger charge is 2.55. The van der Waals surface area contributed by atoms with Gasteiger partial charge >= 0.3 is 0 Å². The summed E-state index contributed by atoms with van der Waals surface area (Å²) in [5.74, 6) is 0.499. The molecule has 2 aliphatic carbocycles. The van der Waals surface area contributed by atoms with Gasteiger partial charge in [-0.3, -0.25) is 0 Å². The molecule has 0 heterocycles. The van der Waals surface area contributed by atoms with Crippen molar-refractivity contribution >= 4 is 6.29 Å². The maximum absolute atomic E-state index is 10.8. The van der Waals surface area contributed by atoms with Crippen LogP contribution in [0.5, 0.6) is 0 Å². The molecule has 2 aliphatic rings. The van der Waals surface area contributed by atoms with E-state index in [4.69, 9.17) is 0 Å². The molecular formula is C12H20O3. The van der Waals surface area contributed by atoms with Crippen LogP contribution in [0.25, 0.3) is 0 Å². The highest BCUT2D eigenvalue weighted by atomic mass is 16.3. The second-order valence-electron chi connectivity index (χ2n) is 5.31. The molecule has 0 aliphatic heterocycles. The molecule has 3 nitrogen and oxygen atoms in total. The number of rotatable bonds is 3. The first-order valence-corrected chi connectivity index (χ1v) is 5.91. The Balaban J connectivity index is 2.19. The fourth-order valence-corrected chi connectivity index (χ4v) is 3.70. The van der Waals surface area contributed by atoms with Crippen molar-refractivity contribution in [3.63, 3.8) is 0 Å². The van der Waals surface area contributed by atoms with Crippen LogP contribution in [-0.2, 0) is 4.79 Å². The first-order chi connectivity index (χ1) is 7.12. The van der Waals surface area contributed by atoms with E-state index in [1.165, 1.54) is 0 Å². The maximum Gasteiger partial charge on any atom is 0.123 e. The van der Waals surface area contributed by atoms with Crippen molar-refractivity contribution in [2.45, 2.75) is 38.2 Å². The quantitative estimate of drug-likeness (QED) is 0.686. The zero-order valence-electron chi connectivity index (χ0n) is 9.22. The van der Waals surface area contributed by atoms with E-state index in [0.717, 1.165) is 32.0 Å². The molecule has 0 aromatic heterocycles. The van der Waals surface area contributed by atoms with Crippen molar-refractivity contribution < 1.29 is 15.0 Å². The average molecular weight is 212 g/mol. The summed E-state index contributed by atoms with van der Waals surface area (Å²) in [4.78, 5) is 10.8. The van der Waals surface area contributed by atoms with Gasteiger partial charge in [-0.05, 0) is 37.5 Å². The number of carbonyl (C=O) groups excluding carboxylic acids is 1. The van der Waals surface area contributed by atoms with E-state index in [1.807, 2.05) is 6.92 Å².